The number of carbonyl (C=O) groups is 1. The van der Waals surface area contributed by atoms with E-state index in [1.807, 2.05) is 6.92 Å². The molecular formula is C10H14N2O3. The average Bonchev–Trinajstić information content (AvgIpc) is 2.19. The molecule has 0 fully saturated rings. The molecular weight excluding hydrogens is 196 g/mol. The second-order valence-corrected chi connectivity index (χ2v) is 2.68. The summed E-state index contributed by atoms with van der Waals surface area (Å²) in [6, 6.07) is 0. The minimum Gasteiger partial charge on any atom is -0.457 e. The van der Waals surface area contributed by atoms with Gasteiger partial charge in [0.25, 0.3) is 0 Å². The number of unbranched alkanes of at least 4 members (excludes halogenated alkanes) is 1. The average molecular weight is 210 g/mol. The molecule has 0 saturated heterocycles. The minimum atomic E-state index is -1.40. The number of nitrogens with zero attached hydrogens (tertiary/aromatic N) is 2. The number of aliphatic hydroxyl groups is 1. The van der Waals surface area contributed by atoms with Gasteiger partial charge in [-0.25, -0.2) is 4.79 Å². The van der Waals surface area contributed by atoms with Gasteiger partial charge >= 0.3 is 11.7 Å². The summed E-state index contributed by atoms with van der Waals surface area (Å²) in [6.45, 7) is 3.70. The fourth-order valence-electron chi connectivity index (χ4n) is 0.774. The summed E-state index contributed by atoms with van der Waals surface area (Å²) in [5, 5.41) is 9.37. The van der Waals surface area contributed by atoms with Crippen LogP contribution >= 0.6 is 0 Å². The van der Waals surface area contributed by atoms with Crippen LogP contribution in [0.4, 0.5) is 0 Å². The van der Waals surface area contributed by atoms with Gasteiger partial charge in [-0.2, -0.15) is 4.79 Å². The highest BCUT2D eigenvalue weighted by molar-refractivity contribution is 6.36. The van der Waals surface area contributed by atoms with Gasteiger partial charge in [-0.15, -0.1) is 0 Å². The molecule has 15 heavy (non-hydrogen) atoms. The van der Waals surface area contributed by atoms with Crippen LogP contribution < -0.4 is 0 Å². The minimum absolute atomic E-state index is 0.146. The molecule has 0 aliphatic carbocycles. The number of ether oxygens (including phenoxy) is 1. The van der Waals surface area contributed by atoms with Gasteiger partial charge in [0.2, 0.25) is 6.10 Å². The van der Waals surface area contributed by atoms with Crippen molar-refractivity contribution in [1.29, 1.82) is 0 Å². The number of carbonyl (C=O) groups excluding carboxylic acids is 1. The van der Waals surface area contributed by atoms with Gasteiger partial charge in [-0.05, 0) is 13.3 Å². The maximum Gasteiger partial charge on any atom is 0.421 e. The molecule has 1 unspecified atom stereocenters. The molecule has 0 amide bonds. The number of hydrogen-bond donors (Lipinski definition) is 1. The lowest BCUT2D eigenvalue weighted by Gasteiger charge is -1.98. The molecule has 82 valence electrons. The fourth-order valence-corrected chi connectivity index (χ4v) is 0.774. The molecule has 0 aromatic rings. The Morgan fingerprint density at radius 3 is 2.73 bits per heavy atom. The first kappa shape index (κ1) is 13.4. The standard InChI is InChI=1S/C10H14N2O3/c1-3-5-6-7-8(13)9(12-11)10(14)15-4-2/h8,13H,3-5H2,1-2H3. The summed E-state index contributed by atoms with van der Waals surface area (Å²) in [7, 11) is 0. The van der Waals surface area contributed by atoms with Crippen LogP contribution in [0.1, 0.15) is 26.7 Å². The summed E-state index contributed by atoms with van der Waals surface area (Å²) in [4.78, 5) is 13.8. The molecule has 0 aliphatic rings. The molecule has 0 spiro atoms. The third-order valence-corrected chi connectivity index (χ3v) is 1.47. The smallest absolute Gasteiger partial charge is 0.421 e. The first-order valence-corrected chi connectivity index (χ1v) is 4.72. The molecule has 0 rings (SSSR count). The Bertz CT molecular complexity index is 321. The van der Waals surface area contributed by atoms with Crippen molar-refractivity contribution in [3.63, 3.8) is 0 Å². The second kappa shape index (κ2) is 7.74. The highest BCUT2D eigenvalue weighted by Crippen LogP contribution is 1.90. The van der Waals surface area contributed by atoms with Crippen molar-refractivity contribution in [3.05, 3.63) is 5.53 Å². The lowest BCUT2D eigenvalue weighted by molar-refractivity contribution is -0.140. The van der Waals surface area contributed by atoms with Crippen molar-refractivity contribution in [2.75, 3.05) is 6.61 Å². The zero-order valence-corrected chi connectivity index (χ0v) is 8.86. The zero-order valence-electron chi connectivity index (χ0n) is 8.86. The van der Waals surface area contributed by atoms with E-state index >= 15 is 0 Å². The van der Waals surface area contributed by atoms with Gasteiger partial charge in [0.1, 0.15) is 0 Å². The summed E-state index contributed by atoms with van der Waals surface area (Å²) in [5.74, 6) is 4.17. The van der Waals surface area contributed by atoms with E-state index in [0.29, 0.717) is 6.42 Å². The Morgan fingerprint density at radius 2 is 2.27 bits per heavy atom. The van der Waals surface area contributed by atoms with Crippen molar-refractivity contribution in [1.82, 2.24) is 0 Å². The van der Waals surface area contributed by atoms with Gasteiger partial charge in [-0.3, -0.25) is 0 Å². The molecule has 1 atom stereocenters. The van der Waals surface area contributed by atoms with Crippen molar-refractivity contribution >= 4 is 11.7 Å². The Hall–Kier alpha value is -1.63. The maximum atomic E-state index is 11.1. The monoisotopic (exact) mass is 210 g/mol. The van der Waals surface area contributed by atoms with E-state index in [9.17, 15) is 9.90 Å². The van der Waals surface area contributed by atoms with E-state index in [1.54, 1.807) is 6.92 Å². The lowest BCUT2D eigenvalue weighted by atomic mass is 10.2. The van der Waals surface area contributed by atoms with Crippen LogP contribution in [0, 0.1) is 11.8 Å². The van der Waals surface area contributed by atoms with Crippen LogP contribution in [0.3, 0.4) is 0 Å². The quantitative estimate of drug-likeness (QED) is 0.239. The van der Waals surface area contributed by atoms with E-state index in [-0.39, 0.29) is 6.61 Å². The molecule has 5 nitrogen and oxygen atoms in total. The van der Waals surface area contributed by atoms with Crippen LogP contribution in [-0.2, 0) is 9.53 Å². The van der Waals surface area contributed by atoms with Gasteiger partial charge in [0.15, 0.2) is 0 Å². The Morgan fingerprint density at radius 1 is 1.60 bits per heavy atom. The summed E-state index contributed by atoms with van der Waals surface area (Å²) >= 11 is 0. The Balaban J connectivity index is 4.51. The third kappa shape index (κ3) is 4.96. The Labute approximate surface area is 88.7 Å². The van der Waals surface area contributed by atoms with Crippen molar-refractivity contribution < 1.29 is 19.4 Å². The summed E-state index contributed by atoms with van der Waals surface area (Å²) in [5.41, 5.74) is 8.02. The van der Waals surface area contributed by atoms with Gasteiger partial charge in [0, 0.05) is 6.42 Å². The molecule has 0 bridgehead atoms. The summed E-state index contributed by atoms with van der Waals surface area (Å²) < 4.78 is 4.56. The van der Waals surface area contributed by atoms with Crippen LogP contribution in [0.25, 0.3) is 5.53 Å². The van der Waals surface area contributed by atoms with Crippen LogP contribution in [-0.4, -0.2) is 34.3 Å². The molecule has 0 aromatic carbocycles. The largest absolute Gasteiger partial charge is 0.457 e. The number of hydrogen-bond acceptors (Lipinski definition) is 3. The predicted octanol–water partition coefficient (Wildman–Crippen LogP) is 0.385. The van der Waals surface area contributed by atoms with Gasteiger partial charge in [0.05, 0.1) is 6.61 Å². The first-order chi connectivity index (χ1) is 7.17. The molecule has 0 aromatic heterocycles. The molecule has 0 aliphatic heterocycles. The Kier molecular flexibility index (Phi) is 6.90. The zero-order chi connectivity index (χ0) is 11.7. The highest BCUT2D eigenvalue weighted by Gasteiger charge is 2.29. The van der Waals surface area contributed by atoms with E-state index in [4.69, 9.17) is 5.53 Å². The maximum absolute atomic E-state index is 11.1. The van der Waals surface area contributed by atoms with Crippen LogP contribution in [0.2, 0.25) is 0 Å². The molecule has 5 heteroatoms. The van der Waals surface area contributed by atoms with E-state index < -0.39 is 17.8 Å². The van der Waals surface area contributed by atoms with E-state index in [0.717, 1.165) is 6.42 Å². The van der Waals surface area contributed by atoms with Crippen LogP contribution in [0.5, 0.6) is 0 Å². The lowest BCUT2D eigenvalue weighted by Crippen LogP contribution is -2.30. The molecule has 1 N–H and O–H groups in total. The summed E-state index contributed by atoms with van der Waals surface area (Å²) in [6.07, 6.45) is 0.0594. The first-order valence-electron chi connectivity index (χ1n) is 4.72. The van der Waals surface area contributed by atoms with Crippen molar-refractivity contribution in [2.45, 2.75) is 32.8 Å². The number of aliphatic hydroxyl groups excluding tert-OH is 1. The van der Waals surface area contributed by atoms with E-state index in [1.165, 1.54) is 0 Å². The molecule has 0 radical (unpaired) electrons. The van der Waals surface area contributed by atoms with Crippen molar-refractivity contribution in [2.24, 2.45) is 0 Å². The molecule has 0 heterocycles. The second-order valence-electron chi connectivity index (χ2n) is 2.68. The van der Waals surface area contributed by atoms with Gasteiger partial charge < -0.3 is 15.4 Å². The number of esters is 1. The fraction of sp³-hybridized carbons (Fsp3) is 0.600. The highest BCUT2D eigenvalue weighted by atomic mass is 16.5. The topological polar surface area (TPSA) is 82.9 Å². The molecule has 0 saturated carbocycles. The predicted molar refractivity (Wildman–Crippen MR) is 54.0 cm³/mol. The van der Waals surface area contributed by atoms with Gasteiger partial charge in [-0.1, -0.05) is 18.8 Å². The SMILES string of the molecule is CCCC#CC(O)C(=[N+]=[N-])C(=O)OCC. The third-order valence-electron chi connectivity index (χ3n) is 1.47. The normalized spacial score (nSPS) is 10.6. The van der Waals surface area contributed by atoms with Crippen molar-refractivity contribution in [3.8, 4) is 11.8 Å². The van der Waals surface area contributed by atoms with E-state index in [2.05, 4.69) is 21.4 Å². The number of rotatable bonds is 4. The van der Waals surface area contributed by atoms with Crippen LogP contribution in [0.15, 0.2) is 0 Å².